The van der Waals surface area contributed by atoms with Crippen LogP contribution in [0.1, 0.15) is 24.5 Å². The second-order valence-electron chi connectivity index (χ2n) is 4.95. The minimum atomic E-state index is 0.697. The van der Waals surface area contributed by atoms with Gasteiger partial charge >= 0.3 is 0 Å². The van der Waals surface area contributed by atoms with Crippen molar-refractivity contribution in [2.75, 3.05) is 18.5 Å². The van der Waals surface area contributed by atoms with E-state index in [9.17, 15) is 0 Å². The molecule has 2 heteroatoms. The van der Waals surface area contributed by atoms with Gasteiger partial charge in [0, 0.05) is 6.54 Å². The molecule has 0 atom stereocenters. The molecule has 0 aliphatic heterocycles. The maximum Gasteiger partial charge on any atom is 0.142 e. The normalized spacial score (nSPS) is 10.3. The standard InChI is InChI=1S/C18H23NO/c1-3-20-18-14-15(2)11-12-17(18)19-13-7-10-16-8-5-4-6-9-16/h4-6,8-9,11-12,14,19H,3,7,10,13H2,1-2H3. The first-order valence-electron chi connectivity index (χ1n) is 7.31. The van der Waals surface area contributed by atoms with Gasteiger partial charge < -0.3 is 10.1 Å². The maximum atomic E-state index is 5.67. The molecular formula is C18H23NO. The number of rotatable bonds is 7. The van der Waals surface area contributed by atoms with Gasteiger partial charge in [0.05, 0.1) is 12.3 Å². The van der Waals surface area contributed by atoms with Crippen LogP contribution in [0.25, 0.3) is 0 Å². The Kier molecular flexibility index (Phi) is 5.48. The number of ether oxygens (including phenoxy) is 1. The van der Waals surface area contributed by atoms with Crippen LogP contribution in [0, 0.1) is 6.92 Å². The number of nitrogens with one attached hydrogen (secondary N) is 1. The van der Waals surface area contributed by atoms with Gasteiger partial charge in [-0.25, -0.2) is 0 Å². The molecule has 2 rings (SSSR count). The highest BCUT2D eigenvalue weighted by atomic mass is 16.5. The van der Waals surface area contributed by atoms with Crippen molar-refractivity contribution in [3.8, 4) is 5.75 Å². The van der Waals surface area contributed by atoms with Crippen LogP contribution in [0.3, 0.4) is 0 Å². The fourth-order valence-corrected chi connectivity index (χ4v) is 2.21. The average Bonchev–Trinajstić information content (AvgIpc) is 2.47. The monoisotopic (exact) mass is 269 g/mol. The van der Waals surface area contributed by atoms with Crippen molar-refractivity contribution in [3.05, 3.63) is 59.7 Å². The summed E-state index contributed by atoms with van der Waals surface area (Å²) in [7, 11) is 0. The van der Waals surface area contributed by atoms with Crippen molar-refractivity contribution in [2.24, 2.45) is 0 Å². The fraction of sp³-hybridized carbons (Fsp3) is 0.333. The lowest BCUT2D eigenvalue weighted by molar-refractivity contribution is 0.341. The molecular weight excluding hydrogens is 246 g/mol. The number of hydrogen-bond donors (Lipinski definition) is 1. The van der Waals surface area contributed by atoms with Gasteiger partial charge in [-0.1, -0.05) is 36.4 Å². The van der Waals surface area contributed by atoms with Crippen molar-refractivity contribution < 1.29 is 4.74 Å². The Hall–Kier alpha value is -1.96. The van der Waals surface area contributed by atoms with Gasteiger partial charge in [-0.15, -0.1) is 0 Å². The summed E-state index contributed by atoms with van der Waals surface area (Å²) in [6, 6.07) is 16.9. The molecule has 0 aromatic heterocycles. The molecule has 0 amide bonds. The third-order valence-corrected chi connectivity index (χ3v) is 3.24. The Morgan fingerprint density at radius 3 is 2.60 bits per heavy atom. The number of hydrogen-bond acceptors (Lipinski definition) is 2. The van der Waals surface area contributed by atoms with Crippen molar-refractivity contribution in [1.29, 1.82) is 0 Å². The van der Waals surface area contributed by atoms with Crippen LogP contribution in [0.2, 0.25) is 0 Å². The van der Waals surface area contributed by atoms with E-state index >= 15 is 0 Å². The minimum Gasteiger partial charge on any atom is -0.492 e. The zero-order valence-electron chi connectivity index (χ0n) is 12.4. The highest BCUT2D eigenvalue weighted by molar-refractivity contribution is 5.57. The highest BCUT2D eigenvalue weighted by Gasteiger charge is 2.03. The summed E-state index contributed by atoms with van der Waals surface area (Å²) in [6.07, 6.45) is 2.22. The SMILES string of the molecule is CCOc1cc(C)ccc1NCCCc1ccccc1. The molecule has 0 bridgehead atoms. The second-order valence-corrected chi connectivity index (χ2v) is 4.95. The summed E-state index contributed by atoms with van der Waals surface area (Å²) in [5.41, 5.74) is 3.71. The molecule has 0 heterocycles. The van der Waals surface area contributed by atoms with E-state index < -0.39 is 0 Å². The Bertz CT molecular complexity index is 522. The first-order valence-corrected chi connectivity index (χ1v) is 7.31. The molecule has 0 saturated heterocycles. The molecule has 2 aromatic carbocycles. The fourth-order valence-electron chi connectivity index (χ4n) is 2.21. The average molecular weight is 269 g/mol. The molecule has 0 aliphatic rings. The van der Waals surface area contributed by atoms with Gasteiger partial charge in [-0.05, 0) is 49.9 Å². The zero-order valence-corrected chi connectivity index (χ0v) is 12.4. The molecule has 0 radical (unpaired) electrons. The van der Waals surface area contributed by atoms with Crippen molar-refractivity contribution in [1.82, 2.24) is 0 Å². The Balaban J connectivity index is 1.84. The van der Waals surface area contributed by atoms with E-state index in [2.05, 4.69) is 60.8 Å². The summed E-state index contributed by atoms with van der Waals surface area (Å²) < 4.78 is 5.67. The van der Waals surface area contributed by atoms with Crippen molar-refractivity contribution in [3.63, 3.8) is 0 Å². The van der Waals surface area contributed by atoms with Crippen LogP contribution < -0.4 is 10.1 Å². The van der Waals surface area contributed by atoms with Crippen LogP contribution in [0.15, 0.2) is 48.5 Å². The minimum absolute atomic E-state index is 0.697. The molecule has 20 heavy (non-hydrogen) atoms. The highest BCUT2D eigenvalue weighted by Crippen LogP contribution is 2.25. The van der Waals surface area contributed by atoms with Gasteiger partial charge in [-0.3, -0.25) is 0 Å². The zero-order chi connectivity index (χ0) is 14.2. The largest absolute Gasteiger partial charge is 0.492 e. The molecule has 2 aromatic rings. The lowest BCUT2D eigenvalue weighted by atomic mass is 10.1. The molecule has 106 valence electrons. The summed E-state index contributed by atoms with van der Waals surface area (Å²) >= 11 is 0. The van der Waals surface area contributed by atoms with Crippen LogP contribution in [-0.2, 0) is 6.42 Å². The Morgan fingerprint density at radius 2 is 1.85 bits per heavy atom. The van der Waals surface area contributed by atoms with Gasteiger partial charge in [0.1, 0.15) is 5.75 Å². The van der Waals surface area contributed by atoms with Crippen LogP contribution >= 0.6 is 0 Å². The molecule has 2 nitrogen and oxygen atoms in total. The second kappa shape index (κ2) is 7.59. The van der Waals surface area contributed by atoms with Crippen LogP contribution in [0.5, 0.6) is 5.75 Å². The van der Waals surface area contributed by atoms with Crippen molar-refractivity contribution >= 4 is 5.69 Å². The summed E-state index contributed by atoms with van der Waals surface area (Å²) in [5, 5.41) is 3.47. The first kappa shape index (κ1) is 14.4. The van der Waals surface area contributed by atoms with E-state index in [0.29, 0.717) is 6.61 Å². The predicted molar refractivity (Wildman–Crippen MR) is 85.6 cm³/mol. The lowest BCUT2D eigenvalue weighted by Crippen LogP contribution is -2.05. The van der Waals surface area contributed by atoms with Crippen LogP contribution in [-0.4, -0.2) is 13.2 Å². The van der Waals surface area contributed by atoms with Crippen molar-refractivity contribution in [2.45, 2.75) is 26.7 Å². The molecule has 0 unspecified atom stereocenters. The van der Waals surface area contributed by atoms with E-state index in [0.717, 1.165) is 30.8 Å². The molecule has 1 N–H and O–H groups in total. The smallest absolute Gasteiger partial charge is 0.142 e. The maximum absolute atomic E-state index is 5.67. The van der Waals surface area contributed by atoms with Crippen LogP contribution in [0.4, 0.5) is 5.69 Å². The van der Waals surface area contributed by atoms with E-state index in [4.69, 9.17) is 4.74 Å². The summed E-state index contributed by atoms with van der Waals surface area (Å²) in [4.78, 5) is 0. The van der Waals surface area contributed by atoms with Gasteiger partial charge in [-0.2, -0.15) is 0 Å². The summed E-state index contributed by atoms with van der Waals surface area (Å²) in [6.45, 7) is 5.75. The lowest BCUT2D eigenvalue weighted by Gasteiger charge is -2.13. The third-order valence-electron chi connectivity index (χ3n) is 3.24. The molecule has 0 aliphatic carbocycles. The number of benzene rings is 2. The van der Waals surface area contributed by atoms with E-state index in [1.807, 2.05) is 6.92 Å². The number of aryl methyl sites for hydroxylation is 2. The molecule has 0 spiro atoms. The molecule has 0 saturated carbocycles. The Morgan fingerprint density at radius 1 is 1.05 bits per heavy atom. The topological polar surface area (TPSA) is 21.3 Å². The number of anilines is 1. The first-order chi connectivity index (χ1) is 9.79. The van der Waals surface area contributed by atoms with E-state index in [1.54, 1.807) is 0 Å². The van der Waals surface area contributed by atoms with Gasteiger partial charge in [0.25, 0.3) is 0 Å². The van der Waals surface area contributed by atoms with Gasteiger partial charge in [0.2, 0.25) is 0 Å². The quantitative estimate of drug-likeness (QED) is 0.750. The summed E-state index contributed by atoms with van der Waals surface area (Å²) in [5.74, 6) is 0.951. The van der Waals surface area contributed by atoms with E-state index in [-0.39, 0.29) is 0 Å². The van der Waals surface area contributed by atoms with Gasteiger partial charge in [0.15, 0.2) is 0 Å². The Labute approximate surface area is 121 Å². The molecule has 0 fully saturated rings. The van der Waals surface area contributed by atoms with E-state index in [1.165, 1.54) is 11.1 Å². The predicted octanol–water partition coefficient (Wildman–Crippen LogP) is 4.44. The third kappa shape index (κ3) is 4.30.